The summed E-state index contributed by atoms with van der Waals surface area (Å²) in [5, 5.41) is 11.5. The topological polar surface area (TPSA) is 141 Å². The fourth-order valence-corrected chi connectivity index (χ4v) is 2.52. The number of aliphatic carboxylic acids is 1. The molecule has 1 amide bonds. The summed E-state index contributed by atoms with van der Waals surface area (Å²) in [4.78, 5) is 38.8. The minimum absolute atomic E-state index is 0.00196. The number of rotatable bonds is 6. The second-order valence-corrected chi connectivity index (χ2v) is 7.01. The molecule has 0 bridgehead atoms. The van der Waals surface area contributed by atoms with Gasteiger partial charge in [-0.2, -0.15) is 0 Å². The van der Waals surface area contributed by atoms with E-state index in [4.69, 9.17) is 10.5 Å². The van der Waals surface area contributed by atoms with Gasteiger partial charge in [0.15, 0.2) is 0 Å². The van der Waals surface area contributed by atoms with Crippen LogP contribution in [0.2, 0.25) is 0 Å². The Kier molecular flexibility index (Phi) is 7.04. The Balaban J connectivity index is 2.73. The number of anilines is 1. The molecule has 1 aromatic heterocycles. The van der Waals surface area contributed by atoms with Crippen LogP contribution in [-0.4, -0.2) is 52.6 Å². The lowest BCUT2D eigenvalue weighted by Gasteiger charge is -2.22. The van der Waals surface area contributed by atoms with Crippen LogP contribution in [0, 0.1) is 0 Å². The average Bonchev–Trinajstić information content (AvgIpc) is 2.49. The van der Waals surface area contributed by atoms with E-state index in [0.717, 1.165) is 11.8 Å². The number of nitrogens with one attached hydrogen (secondary N) is 1. The summed E-state index contributed by atoms with van der Waals surface area (Å²) in [6.07, 6.45) is 0.520. The first-order valence-electron chi connectivity index (χ1n) is 7.22. The molecule has 10 heteroatoms. The summed E-state index contributed by atoms with van der Waals surface area (Å²) in [6.45, 7) is 5.02. The molecule has 0 spiro atoms. The summed E-state index contributed by atoms with van der Waals surface area (Å²) < 4.78 is 9.58. The van der Waals surface area contributed by atoms with Crippen molar-refractivity contribution >= 4 is 35.5 Å². The normalized spacial score (nSPS) is 12.2. The van der Waals surface area contributed by atoms with Gasteiger partial charge in [-0.1, -0.05) is 0 Å². The van der Waals surface area contributed by atoms with Gasteiger partial charge >= 0.3 is 18.0 Å². The standard InChI is InChI=1S/C15H21N3O6S/c1-15(2,3)24-14(22)18-10(12(19)20)7-25-11-6-17-9(5-8(11)16)13(21)23-4/h5-6,10H,7H2,1-4H3,(H2,16,17)(H,18,22)(H,19,20). The first-order chi connectivity index (χ1) is 11.5. The number of hydrogen-bond acceptors (Lipinski definition) is 8. The number of esters is 1. The van der Waals surface area contributed by atoms with E-state index >= 15 is 0 Å². The number of carboxylic acids is 1. The van der Waals surface area contributed by atoms with E-state index in [1.807, 2.05) is 0 Å². The molecule has 1 unspecified atom stereocenters. The second kappa shape index (κ2) is 8.56. The molecule has 25 heavy (non-hydrogen) atoms. The van der Waals surface area contributed by atoms with E-state index < -0.39 is 29.7 Å². The van der Waals surface area contributed by atoms with Crippen molar-refractivity contribution in [3.8, 4) is 0 Å². The highest BCUT2D eigenvalue weighted by atomic mass is 32.2. The number of aromatic nitrogens is 1. The van der Waals surface area contributed by atoms with Gasteiger partial charge in [-0.3, -0.25) is 0 Å². The largest absolute Gasteiger partial charge is 0.480 e. The zero-order chi connectivity index (χ0) is 19.2. The van der Waals surface area contributed by atoms with Gasteiger partial charge in [-0.15, -0.1) is 11.8 Å². The zero-order valence-corrected chi connectivity index (χ0v) is 15.2. The SMILES string of the molecule is COC(=O)c1cc(N)c(SCC(NC(=O)OC(C)(C)C)C(=O)O)cn1. The summed E-state index contributed by atoms with van der Waals surface area (Å²) in [7, 11) is 1.22. The molecular formula is C15H21N3O6S. The zero-order valence-electron chi connectivity index (χ0n) is 14.4. The quantitative estimate of drug-likeness (QED) is 0.501. The minimum atomic E-state index is -1.21. The molecule has 4 N–H and O–H groups in total. The van der Waals surface area contributed by atoms with Crippen LogP contribution in [0.15, 0.2) is 17.2 Å². The summed E-state index contributed by atoms with van der Waals surface area (Å²) in [5.74, 6) is -1.84. The number of amides is 1. The molecule has 1 aromatic rings. The third-order valence-corrected chi connectivity index (χ3v) is 3.84. The van der Waals surface area contributed by atoms with E-state index in [0.29, 0.717) is 4.90 Å². The van der Waals surface area contributed by atoms with Crippen LogP contribution in [0.4, 0.5) is 10.5 Å². The van der Waals surface area contributed by atoms with Gasteiger partial charge in [0.25, 0.3) is 0 Å². The maximum atomic E-state index is 11.7. The Labute approximate surface area is 149 Å². The van der Waals surface area contributed by atoms with Crippen molar-refractivity contribution in [1.29, 1.82) is 0 Å². The van der Waals surface area contributed by atoms with E-state index in [-0.39, 0.29) is 17.1 Å². The number of pyridine rings is 1. The molecule has 138 valence electrons. The van der Waals surface area contributed by atoms with Gasteiger partial charge in [0.2, 0.25) is 0 Å². The molecule has 0 aromatic carbocycles. The molecule has 0 fully saturated rings. The Bertz CT molecular complexity index is 659. The van der Waals surface area contributed by atoms with E-state index in [1.165, 1.54) is 19.4 Å². The molecular weight excluding hydrogens is 350 g/mol. The number of alkyl carbamates (subject to hydrolysis) is 1. The molecule has 0 saturated carbocycles. The molecule has 9 nitrogen and oxygen atoms in total. The first kappa shape index (κ1) is 20.6. The Morgan fingerprint density at radius 2 is 2.04 bits per heavy atom. The Morgan fingerprint density at radius 3 is 2.52 bits per heavy atom. The van der Waals surface area contributed by atoms with E-state index in [1.54, 1.807) is 20.8 Å². The molecule has 1 atom stereocenters. The van der Waals surface area contributed by atoms with E-state index in [2.05, 4.69) is 15.0 Å². The summed E-state index contributed by atoms with van der Waals surface area (Å²) in [5.41, 5.74) is 5.39. The number of carbonyl (C=O) groups excluding carboxylic acids is 2. The second-order valence-electron chi connectivity index (χ2n) is 5.95. The number of carboxylic acid groups (broad SMARTS) is 1. The third-order valence-electron chi connectivity index (χ3n) is 2.69. The van der Waals surface area contributed by atoms with Crippen LogP contribution in [-0.2, 0) is 14.3 Å². The van der Waals surface area contributed by atoms with Crippen molar-refractivity contribution in [2.24, 2.45) is 0 Å². The molecule has 0 aliphatic carbocycles. The lowest BCUT2D eigenvalue weighted by molar-refractivity contribution is -0.138. The molecule has 1 rings (SSSR count). The van der Waals surface area contributed by atoms with Crippen LogP contribution < -0.4 is 11.1 Å². The lowest BCUT2D eigenvalue weighted by atomic mass is 10.2. The van der Waals surface area contributed by atoms with Crippen LogP contribution in [0.5, 0.6) is 0 Å². The van der Waals surface area contributed by atoms with Gasteiger partial charge in [0.1, 0.15) is 17.3 Å². The number of methoxy groups -OCH3 is 1. The van der Waals surface area contributed by atoms with Crippen LogP contribution in [0.1, 0.15) is 31.3 Å². The first-order valence-corrected chi connectivity index (χ1v) is 8.21. The highest BCUT2D eigenvalue weighted by Gasteiger charge is 2.24. The van der Waals surface area contributed by atoms with Crippen LogP contribution in [0.3, 0.4) is 0 Å². The smallest absolute Gasteiger partial charge is 0.408 e. The number of nitrogens with zero attached hydrogens (tertiary/aromatic N) is 1. The fraction of sp³-hybridized carbons (Fsp3) is 0.467. The van der Waals surface area contributed by atoms with Crippen LogP contribution >= 0.6 is 11.8 Å². The highest BCUT2D eigenvalue weighted by Crippen LogP contribution is 2.25. The number of thioether (sulfide) groups is 1. The van der Waals surface area contributed by atoms with Gasteiger partial charge in [0, 0.05) is 22.5 Å². The van der Waals surface area contributed by atoms with Crippen molar-refractivity contribution in [2.45, 2.75) is 37.3 Å². The number of ether oxygens (including phenoxy) is 2. The van der Waals surface area contributed by atoms with Gasteiger partial charge in [0.05, 0.1) is 7.11 Å². The highest BCUT2D eigenvalue weighted by molar-refractivity contribution is 7.99. The number of nitrogen functional groups attached to an aromatic ring is 1. The predicted octanol–water partition coefficient (Wildman–Crippen LogP) is 1.52. The van der Waals surface area contributed by atoms with Crippen molar-refractivity contribution in [2.75, 3.05) is 18.6 Å². The van der Waals surface area contributed by atoms with Gasteiger partial charge in [-0.25, -0.2) is 19.4 Å². The monoisotopic (exact) mass is 371 g/mol. The van der Waals surface area contributed by atoms with Crippen molar-refractivity contribution < 1.29 is 29.0 Å². The maximum absolute atomic E-state index is 11.7. The molecule has 0 radical (unpaired) electrons. The maximum Gasteiger partial charge on any atom is 0.408 e. The van der Waals surface area contributed by atoms with Crippen molar-refractivity contribution in [3.05, 3.63) is 18.0 Å². The molecule has 1 heterocycles. The van der Waals surface area contributed by atoms with Crippen LogP contribution in [0.25, 0.3) is 0 Å². The summed E-state index contributed by atoms with van der Waals surface area (Å²) >= 11 is 1.08. The third kappa shape index (κ3) is 6.87. The van der Waals surface area contributed by atoms with Crippen molar-refractivity contribution in [1.82, 2.24) is 10.3 Å². The minimum Gasteiger partial charge on any atom is -0.480 e. The summed E-state index contributed by atoms with van der Waals surface area (Å²) in [6, 6.07) is 0.158. The van der Waals surface area contributed by atoms with Crippen molar-refractivity contribution in [3.63, 3.8) is 0 Å². The molecule has 0 aliphatic heterocycles. The predicted molar refractivity (Wildman–Crippen MR) is 91.5 cm³/mol. The number of nitrogens with two attached hydrogens (primary N) is 1. The number of carbonyl (C=O) groups is 3. The van der Waals surface area contributed by atoms with Gasteiger partial charge < -0.3 is 25.6 Å². The van der Waals surface area contributed by atoms with E-state index in [9.17, 15) is 19.5 Å². The molecule has 0 aliphatic rings. The Morgan fingerprint density at radius 1 is 1.40 bits per heavy atom. The number of hydrogen-bond donors (Lipinski definition) is 3. The van der Waals surface area contributed by atoms with Gasteiger partial charge in [-0.05, 0) is 26.8 Å². The fourth-order valence-electron chi connectivity index (χ4n) is 1.59. The average molecular weight is 371 g/mol. The molecule has 0 saturated heterocycles. The Hall–Kier alpha value is -2.49. The lowest BCUT2D eigenvalue weighted by Crippen LogP contribution is -2.44.